The molecule has 3 aromatic heterocycles. The van der Waals surface area contributed by atoms with Crippen LogP contribution >= 0.6 is 0 Å². The summed E-state index contributed by atoms with van der Waals surface area (Å²) in [6.07, 6.45) is 2.95. The highest BCUT2D eigenvalue weighted by molar-refractivity contribution is 5.76. The zero-order valence-electron chi connectivity index (χ0n) is 12.8. The number of furan rings is 1. The van der Waals surface area contributed by atoms with Crippen LogP contribution in [0, 0.1) is 0 Å². The van der Waals surface area contributed by atoms with E-state index >= 15 is 0 Å². The molecule has 1 amide bonds. The standard InChI is InChI=1S/C15H15N5O4/c21-14(18-3-6-23-7-4-18)9-19-15(22)12-8-11(13-2-1-5-24-13)17-20(12)10-16-19/h1-2,5,8,10H,3-4,6-7,9H2. The Labute approximate surface area is 136 Å². The Bertz CT molecular complexity index is 921. The van der Waals surface area contributed by atoms with Crippen LogP contribution in [-0.4, -0.2) is 56.5 Å². The van der Waals surface area contributed by atoms with Gasteiger partial charge in [0.15, 0.2) is 5.76 Å². The Kier molecular flexibility index (Phi) is 3.62. The lowest BCUT2D eigenvalue weighted by atomic mass is 10.3. The average molecular weight is 329 g/mol. The largest absolute Gasteiger partial charge is 0.463 e. The normalized spacial score (nSPS) is 15.1. The van der Waals surface area contributed by atoms with Crippen LogP contribution in [0.5, 0.6) is 0 Å². The highest BCUT2D eigenvalue weighted by Crippen LogP contribution is 2.18. The van der Waals surface area contributed by atoms with Crippen LogP contribution in [0.4, 0.5) is 0 Å². The number of hydrogen-bond acceptors (Lipinski definition) is 6. The fourth-order valence-corrected chi connectivity index (χ4v) is 2.64. The summed E-state index contributed by atoms with van der Waals surface area (Å²) in [4.78, 5) is 26.5. The Morgan fingerprint density at radius 2 is 2.12 bits per heavy atom. The molecule has 0 aromatic carbocycles. The van der Waals surface area contributed by atoms with Gasteiger partial charge in [0.05, 0.1) is 19.5 Å². The second-order valence-electron chi connectivity index (χ2n) is 5.42. The van der Waals surface area contributed by atoms with Gasteiger partial charge in [-0.3, -0.25) is 9.59 Å². The Balaban J connectivity index is 1.63. The molecule has 0 aliphatic carbocycles. The first-order valence-corrected chi connectivity index (χ1v) is 7.57. The number of rotatable bonds is 3. The summed E-state index contributed by atoms with van der Waals surface area (Å²) < 4.78 is 13.0. The number of carbonyl (C=O) groups is 1. The van der Waals surface area contributed by atoms with E-state index in [1.807, 2.05) is 0 Å². The van der Waals surface area contributed by atoms with E-state index in [-0.39, 0.29) is 18.0 Å². The molecule has 124 valence electrons. The summed E-state index contributed by atoms with van der Waals surface area (Å²) in [6, 6.07) is 5.13. The van der Waals surface area contributed by atoms with Gasteiger partial charge in [-0.05, 0) is 12.1 Å². The van der Waals surface area contributed by atoms with Gasteiger partial charge in [0.2, 0.25) is 5.91 Å². The molecule has 0 N–H and O–H groups in total. The first-order chi connectivity index (χ1) is 11.7. The zero-order valence-corrected chi connectivity index (χ0v) is 12.8. The molecule has 0 atom stereocenters. The predicted octanol–water partition coefficient (Wildman–Crippen LogP) is 0.00980. The van der Waals surface area contributed by atoms with Crippen molar-refractivity contribution in [1.82, 2.24) is 24.3 Å². The van der Waals surface area contributed by atoms with E-state index in [2.05, 4.69) is 10.2 Å². The molecule has 9 heteroatoms. The highest BCUT2D eigenvalue weighted by Gasteiger charge is 2.19. The Morgan fingerprint density at radius 1 is 1.29 bits per heavy atom. The molecule has 1 aliphatic rings. The molecule has 3 aromatic rings. The van der Waals surface area contributed by atoms with E-state index in [1.54, 1.807) is 23.1 Å². The Hall–Kier alpha value is -2.94. The smallest absolute Gasteiger partial charge is 0.293 e. The van der Waals surface area contributed by atoms with Gasteiger partial charge in [0.1, 0.15) is 24.1 Å². The molecule has 4 heterocycles. The molecule has 24 heavy (non-hydrogen) atoms. The van der Waals surface area contributed by atoms with Crippen LogP contribution in [0.25, 0.3) is 17.0 Å². The minimum Gasteiger partial charge on any atom is -0.463 e. The van der Waals surface area contributed by atoms with Gasteiger partial charge in [-0.2, -0.15) is 10.2 Å². The van der Waals surface area contributed by atoms with Crippen molar-refractivity contribution in [1.29, 1.82) is 0 Å². The molecule has 1 saturated heterocycles. The van der Waals surface area contributed by atoms with Crippen molar-refractivity contribution in [3.63, 3.8) is 0 Å². The Morgan fingerprint density at radius 3 is 2.88 bits per heavy atom. The van der Waals surface area contributed by atoms with Gasteiger partial charge in [-0.25, -0.2) is 9.20 Å². The number of amides is 1. The molecule has 1 aliphatic heterocycles. The highest BCUT2D eigenvalue weighted by atomic mass is 16.5. The number of nitrogens with zero attached hydrogens (tertiary/aromatic N) is 5. The molecular formula is C15H15N5O4. The number of morpholine rings is 1. The van der Waals surface area contributed by atoms with Crippen LogP contribution in [0.15, 0.2) is 40.0 Å². The van der Waals surface area contributed by atoms with Crippen molar-refractivity contribution in [3.05, 3.63) is 41.1 Å². The third kappa shape index (κ3) is 2.58. The lowest BCUT2D eigenvalue weighted by Gasteiger charge is -2.26. The summed E-state index contributed by atoms with van der Waals surface area (Å²) in [6.45, 7) is 2.00. The SMILES string of the molecule is O=C(Cn1ncn2nc(-c3ccco3)cc2c1=O)N1CCOCC1. The van der Waals surface area contributed by atoms with Gasteiger partial charge >= 0.3 is 0 Å². The molecule has 4 rings (SSSR count). The first kappa shape index (κ1) is 14.6. The van der Waals surface area contributed by atoms with E-state index in [0.29, 0.717) is 43.3 Å². The molecule has 1 fully saturated rings. The van der Waals surface area contributed by atoms with Gasteiger partial charge < -0.3 is 14.1 Å². The van der Waals surface area contributed by atoms with E-state index in [4.69, 9.17) is 9.15 Å². The maximum Gasteiger partial charge on any atom is 0.293 e. The van der Waals surface area contributed by atoms with Crippen LogP contribution < -0.4 is 5.56 Å². The lowest BCUT2D eigenvalue weighted by molar-refractivity contribution is -0.136. The van der Waals surface area contributed by atoms with E-state index in [0.717, 1.165) is 4.68 Å². The van der Waals surface area contributed by atoms with Crippen molar-refractivity contribution in [3.8, 4) is 11.5 Å². The molecular weight excluding hydrogens is 314 g/mol. The monoisotopic (exact) mass is 329 g/mol. The van der Waals surface area contributed by atoms with Gasteiger partial charge in [-0.15, -0.1) is 0 Å². The molecule has 0 unspecified atom stereocenters. The van der Waals surface area contributed by atoms with Crippen molar-refractivity contribution < 1.29 is 13.9 Å². The van der Waals surface area contributed by atoms with Gasteiger partial charge in [-0.1, -0.05) is 0 Å². The summed E-state index contributed by atoms with van der Waals surface area (Å²) in [5.74, 6) is 0.414. The predicted molar refractivity (Wildman–Crippen MR) is 82.3 cm³/mol. The van der Waals surface area contributed by atoms with Crippen LogP contribution in [0.2, 0.25) is 0 Å². The van der Waals surface area contributed by atoms with Crippen molar-refractivity contribution in [2.24, 2.45) is 0 Å². The lowest BCUT2D eigenvalue weighted by Crippen LogP contribution is -2.43. The quantitative estimate of drug-likeness (QED) is 0.672. The van der Waals surface area contributed by atoms with Crippen LogP contribution in [0.1, 0.15) is 0 Å². The van der Waals surface area contributed by atoms with Crippen molar-refractivity contribution in [2.75, 3.05) is 26.3 Å². The van der Waals surface area contributed by atoms with E-state index in [1.165, 1.54) is 17.1 Å². The summed E-state index contributed by atoms with van der Waals surface area (Å²) >= 11 is 0. The third-order valence-electron chi connectivity index (χ3n) is 3.91. The minimum absolute atomic E-state index is 0.101. The minimum atomic E-state index is -0.371. The second kappa shape index (κ2) is 5.93. The summed E-state index contributed by atoms with van der Waals surface area (Å²) in [5.41, 5.74) is 0.506. The summed E-state index contributed by atoms with van der Waals surface area (Å²) in [5, 5.41) is 8.29. The maximum atomic E-state index is 12.5. The second-order valence-corrected chi connectivity index (χ2v) is 5.42. The van der Waals surface area contributed by atoms with Gasteiger partial charge in [0.25, 0.3) is 5.56 Å². The molecule has 0 spiro atoms. The zero-order chi connectivity index (χ0) is 16.5. The van der Waals surface area contributed by atoms with Crippen molar-refractivity contribution >= 4 is 11.4 Å². The maximum absolute atomic E-state index is 12.5. The molecule has 0 bridgehead atoms. The van der Waals surface area contributed by atoms with E-state index < -0.39 is 0 Å². The number of aromatic nitrogens is 4. The number of ether oxygens (including phenoxy) is 1. The van der Waals surface area contributed by atoms with E-state index in [9.17, 15) is 9.59 Å². The number of hydrogen-bond donors (Lipinski definition) is 0. The van der Waals surface area contributed by atoms with Crippen LogP contribution in [0.3, 0.4) is 0 Å². The third-order valence-corrected chi connectivity index (χ3v) is 3.91. The molecule has 0 saturated carbocycles. The molecule has 0 radical (unpaired) electrons. The van der Waals surface area contributed by atoms with Gasteiger partial charge in [0, 0.05) is 19.2 Å². The van der Waals surface area contributed by atoms with Crippen molar-refractivity contribution in [2.45, 2.75) is 6.54 Å². The number of fused-ring (bicyclic) bond motifs is 1. The topological polar surface area (TPSA) is 94.9 Å². The van der Waals surface area contributed by atoms with Crippen LogP contribution in [-0.2, 0) is 16.1 Å². The number of carbonyl (C=O) groups excluding carboxylic acids is 1. The molecule has 9 nitrogen and oxygen atoms in total. The fourth-order valence-electron chi connectivity index (χ4n) is 2.64. The fraction of sp³-hybridized carbons (Fsp3) is 0.333. The summed E-state index contributed by atoms with van der Waals surface area (Å²) in [7, 11) is 0. The average Bonchev–Trinajstić information content (AvgIpc) is 3.27. The first-order valence-electron chi connectivity index (χ1n) is 7.57.